The topological polar surface area (TPSA) is 73.0 Å². The molecule has 3 rings (SSSR count). The predicted octanol–water partition coefficient (Wildman–Crippen LogP) is 4.22. The number of fused-ring (bicyclic) bond motifs is 1. The standard InChI is InChI=1S/C22H20N2O4/c1-4-7-15-10-16(11-20(26-2)21(15)27-3)22(25)28-14-17-13-24-9-6-5-8-19(24)18(17)12-23/h4-11,13H,14H2,1-3H3/b7-4+. The lowest BCUT2D eigenvalue weighted by molar-refractivity contribution is 0.0472. The Balaban J connectivity index is 1.88. The highest BCUT2D eigenvalue weighted by molar-refractivity contribution is 5.91. The van der Waals surface area contributed by atoms with Gasteiger partial charge < -0.3 is 18.6 Å². The molecule has 0 bridgehead atoms. The number of benzene rings is 1. The number of hydrogen-bond donors (Lipinski definition) is 0. The zero-order chi connectivity index (χ0) is 20.1. The molecule has 0 spiro atoms. The highest BCUT2D eigenvalue weighted by Gasteiger charge is 2.17. The van der Waals surface area contributed by atoms with Crippen LogP contribution in [0.3, 0.4) is 0 Å². The first-order valence-corrected chi connectivity index (χ1v) is 8.67. The third kappa shape index (κ3) is 3.55. The summed E-state index contributed by atoms with van der Waals surface area (Å²) in [5, 5.41) is 9.47. The summed E-state index contributed by atoms with van der Waals surface area (Å²) in [6.07, 6.45) is 7.31. The van der Waals surface area contributed by atoms with Crippen molar-refractivity contribution in [2.75, 3.05) is 14.2 Å². The molecule has 0 fully saturated rings. The van der Waals surface area contributed by atoms with Gasteiger partial charge in [-0.3, -0.25) is 0 Å². The second-order valence-electron chi connectivity index (χ2n) is 6.01. The van der Waals surface area contributed by atoms with Crippen molar-refractivity contribution in [2.45, 2.75) is 13.5 Å². The Hall–Kier alpha value is -3.72. The summed E-state index contributed by atoms with van der Waals surface area (Å²) in [6, 6.07) is 11.0. The van der Waals surface area contributed by atoms with Crippen LogP contribution in [0.4, 0.5) is 0 Å². The molecule has 0 radical (unpaired) electrons. The first-order chi connectivity index (χ1) is 13.6. The lowest BCUT2D eigenvalue weighted by Crippen LogP contribution is -2.07. The summed E-state index contributed by atoms with van der Waals surface area (Å²) >= 11 is 0. The fourth-order valence-electron chi connectivity index (χ4n) is 3.06. The van der Waals surface area contributed by atoms with Crippen molar-refractivity contribution < 1.29 is 19.0 Å². The SMILES string of the molecule is C/C=C/c1cc(C(=O)OCc2cn3ccccc3c2C#N)cc(OC)c1OC. The molecule has 0 saturated carbocycles. The predicted molar refractivity (Wildman–Crippen MR) is 105 cm³/mol. The van der Waals surface area contributed by atoms with Crippen LogP contribution in [0.5, 0.6) is 11.5 Å². The minimum atomic E-state index is -0.508. The number of hydrogen-bond acceptors (Lipinski definition) is 5. The van der Waals surface area contributed by atoms with E-state index in [2.05, 4.69) is 6.07 Å². The second-order valence-corrected chi connectivity index (χ2v) is 6.01. The Kier molecular flexibility index (Phi) is 5.66. The molecule has 0 aliphatic carbocycles. The highest BCUT2D eigenvalue weighted by Crippen LogP contribution is 2.34. The zero-order valence-electron chi connectivity index (χ0n) is 15.9. The van der Waals surface area contributed by atoms with Crippen LogP contribution in [-0.2, 0) is 11.3 Å². The summed E-state index contributed by atoms with van der Waals surface area (Å²) in [5.74, 6) is 0.478. The number of nitrogens with zero attached hydrogens (tertiary/aromatic N) is 2. The number of carbonyl (C=O) groups excluding carboxylic acids is 1. The molecule has 0 saturated heterocycles. The molecule has 0 atom stereocenters. The molecule has 0 unspecified atom stereocenters. The van der Waals surface area contributed by atoms with E-state index in [-0.39, 0.29) is 6.61 Å². The number of aromatic nitrogens is 1. The van der Waals surface area contributed by atoms with Crippen molar-refractivity contribution in [1.29, 1.82) is 5.26 Å². The number of nitriles is 1. The summed E-state index contributed by atoms with van der Waals surface area (Å²) in [7, 11) is 3.06. The van der Waals surface area contributed by atoms with Gasteiger partial charge in [-0.25, -0.2) is 4.79 Å². The largest absolute Gasteiger partial charge is 0.493 e. The van der Waals surface area contributed by atoms with Crippen LogP contribution in [0, 0.1) is 11.3 Å². The second kappa shape index (κ2) is 8.31. The smallest absolute Gasteiger partial charge is 0.338 e. The molecule has 1 aromatic carbocycles. The summed E-state index contributed by atoms with van der Waals surface area (Å²) in [4.78, 5) is 12.6. The number of ether oxygens (including phenoxy) is 3. The molecule has 6 heteroatoms. The van der Waals surface area contributed by atoms with Crippen molar-refractivity contribution in [3.63, 3.8) is 0 Å². The normalized spacial score (nSPS) is 10.8. The molecule has 0 N–H and O–H groups in total. The van der Waals surface area contributed by atoms with Crippen molar-refractivity contribution in [1.82, 2.24) is 4.40 Å². The maximum atomic E-state index is 12.6. The Morgan fingerprint density at radius 2 is 2.07 bits per heavy atom. The van der Waals surface area contributed by atoms with Gasteiger partial charge in [0.15, 0.2) is 11.5 Å². The first-order valence-electron chi connectivity index (χ1n) is 8.67. The van der Waals surface area contributed by atoms with Crippen LogP contribution in [-0.4, -0.2) is 24.6 Å². The molecule has 0 amide bonds. The fourth-order valence-corrected chi connectivity index (χ4v) is 3.06. The zero-order valence-corrected chi connectivity index (χ0v) is 15.9. The van der Waals surface area contributed by atoms with Gasteiger partial charge in [-0.1, -0.05) is 18.2 Å². The number of carbonyl (C=O) groups is 1. The number of rotatable bonds is 6. The van der Waals surface area contributed by atoms with E-state index in [1.807, 2.05) is 47.9 Å². The minimum absolute atomic E-state index is 0.00327. The van der Waals surface area contributed by atoms with Gasteiger partial charge in [0.2, 0.25) is 0 Å². The number of esters is 1. The van der Waals surface area contributed by atoms with Gasteiger partial charge in [0.05, 0.1) is 30.9 Å². The average molecular weight is 376 g/mol. The van der Waals surface area contributed by atoms with Gasteiger partial charge in [-0.05, 0) is 31.2 Å². The molecule has 2 heterocycles. The fraction of sp³-hybridized carbons (Fsp3) is 0.182. The number of allylic oxidation sites excluding steroid dienone is 1. The number of methoxy groups -OCH3 is 2. The van der Waals surface area contributed by atoms with E-state index in [4.69, 9.17) is 14.2 Å². The molecular weight excluding hydrogens is 356 g/mol. The number of pyridine rings is 1. The van der Waals surface area contributed by atoms with Crippen molar-refractivity contribution >= 4 is 17.6 Å². The van der Waals surface area contributed by atoms with Crippen LogP contribution < -0.4 is 9.47 Å². The van der Waals surface area contributed by atoms with E-state index in [0.717, 1.165) is 5.52 Å². The maximum Gasteiger partial charge on any atom is 0.338 e. The molecule has 0 aliphatic rings. The molecule has 0 aliphatic heterocycles. The van der Waals surface area contributed by atoms with E-state index in [1.54, 1.807) is 25.4 Å². The molecular formula is C22H20N2O4. The lowest BCUT2D eigenvalue weighted by Gasteiger charge is -2.13. The van der Waals surface area contributed by atoms with Crippen LogP contribution in [0.15, 0.2) is 48.8 Å². The Morgan fingerprint density at radius 3 is 2.75 bits per heavy atom. The molecule has 2 aromatic heterocycles. The van der Waals surface area contributed by atoms with Gasteiger partial charge >= 0.3 is 5.97 Å². The summed E-state index contributed by atoms with van der Waals surface area (Å²) in [6.45, 7) is 1.87. The van der Waals surface area contributed by atoms with E-state index < -0.39 is 5.97 Å². The van der Waals surface area contributed by atoms with Crippen molar-refractivity contribution in [3.8, 4) is 17.6 Å². The van der Waals surface area contributed by atoms with Gasteiger partial charge in [0.1, 0.15) is 12.7 Å². The van der Waals surface area contributed by atoms with Crippen LogP contribution >= 0.6 is 0 Å². The van der Waals surface area contributed by atoms with Gasteiger partial charge in [0.25, 0.3) is 0 Å². The molecule has 28 heavy (non-hydrogen) atoms. The van der Waals surface area contributed by atoms with Crippen molar-refractivity contribution in [3.05, 3.63) is 71.1 Å². The van der Waals surface area contributed by atoms with Crippen LogP contribution in [0.25, 0.3) is 11.6 Å². The lowest BCUT2D eigenvalue weighted by atomic mass is 10.1. The quantitative estimate of drug-likeness (QED) is 0.602. The van der Waals surface area contributed by atoms with E-state index in [1.165, 1.54) is 7.11 Å². The molecule has 3 aromatic rings. The Morgan fingerprint density at radius 1 is 1.25 bits per heavy atom. The Labute approximate surface area is 163 Å². The Bertz CT molecular complexity index is 1090. The summed E-state index contributed by atoms with van der Waals surface area (Å²) < 4.78 is 18.0. The van der Waals surface area contributed by atoms with E-state index in [9.17, 15) is 10.1 Å². The van der Waals surface area contributed by atoms with Crippen LogP contribution in [0.1, 0.15) is 34.0 Å². The van der Waals surface area contributed by atoms with Gasteiger partial charge in [-0.2, -0.15) is 5.26 Å². The summed E-state index contributed by atoms with van der Waals surface area (Å²) in [5.41, 5.74) is 2.97. The van der Waals surface area contributed by atoms with E-state index >= 15 is 0 Å². The third-order valence-corrected chi connectivity index (χ3v) is 4.32. The van der Waals surface area contributed by atoms with E-state index in [0.29, 0.717) is 33.8 Å². The third-order valence-electron chi connectivity index (χ3n) is 4.32. The monoisotopic (exact) mass is 376 g/mol. The van der Waals surface area contributed by atoms with Gasteiger partial charge in [-0.15, -0.1) is 0 Å². The highest BCUT2D eigenvalue weighted by atomic mass is 16.5. The average Bonchev–Trinajstić information content (AvgIpc) is 3.09. The van der Waals surface area contributed by atoms with Gasteiger partial charge in [0, 0.05) is 23.5 Å². The van der Waals surface area contributed by atoms with Crippen molar-refractivity contribution in [2.24, 2.45) is 0 Å². The minimum Gasteiger partial charge on any atom is -0.493 e. The molecule has 6 nitrogen and oxygen atoms in total. The first kappa shape index (κ1) is 19.1. The maximum absolute atomic E-state index is 12.6. The molecule has 142 valence electrons. The van der Waals surface area contributed by atoms with Crippen LogP contribution in [0.2, 0.25) is 0 Å².